The number of aliphatic carboxylic acids is 1. The van der Waals surface area contributed by atoms with E-state index in [2.05, 4.69) is 18.1 Å². The van der Waals surface area contributed by atoms with Gasteiger partial charge in [0.05, 0.1) is 6.54 Å². The Kier molecular flexibility index (Phi) is 7.92. The van der Waals surface area contributed by atoms with Crippen LogP contribution in [0.2, 0.25) is 0 Å². The molecule has 0 aliphatic carbocycles. The normalized spacial score (nSPS) is 10.4. The highest BCUT2D eigenvalue weighted by Crippen LogP contribution is 2.11. The molecule has 0 saturated heterocycles. The Morgan fingerprint density at radius 2 is 1.95 bits per heavy atom. The van der Waals surface area contributed by atoms with Crippen molar-refractivity contribution in [2.24, 2.45) is 0 Å². The average molecular weight is 322 g/mol. The molecule has 1 aromatic rings. The number of aromatic nitrogens is 2. The number of carboxylic acids is 1. The zero-order valence-corrected chi connectivity index (χ0v) is 12.2. The van der Waals surface area contributed by atoms with Crippen molar-refractivity contribution in [2.75, 3.05) is 6.61 Å². The van der Waals surface area contributed by atoms with Gasteiger partial charge in [-0.2, -0.15) is 13.2 Å². The van der Waals surface area contributed by atoms with E-state index in [1.54, 1.807) is 6.92 Å². The summed E-state index contributed by atoms with van der Waals surface area (Å²) in [4.78, 5) is 19.8. The molecule has 0 amide bonds. The van der Waals surface area contributed by atoms with Crippen LogP contribution < -0.4 is 9.67 Å². The highest BCUT2D eigenvalue weighted by Gasteiger charge is 2.28. The molecule has 1 aromatic heterocycles. The van der Waals surface area contributed by atoms with Gasteiger partial charge in [0.2, 0.25) is 6.33 Å². The summed E-state index contributed by atoms with van der Waals surface area (Å²) >= 11 is 0. The number of nitrogens with zero attached hydrogens (tertiary/aromatic N) is 2. The number of alkyl halides is 3. The largest absolute Gasteiger partial charge is 0.542 e. The first-order chi connectivity index (χ1) is 10.1. The van der Waals surface area contributed by atoms with Crippen LogP contribution in [-0.2, 0) is 27.4 Å². The Balaban J connectivity index is 0.000000534. The fourth-order valence-electron chi connectivity index (χ4n) is 1.13. The third-order valence-corrected chi connectivity index (χ3v) is 2.27. The molecule has 6 nitrogen and oxygen atoms in total. The van der Waals surface area contributed by atoms with E-state index in [4.69, 9.17) is 14.6 Å². The summed E-state index contributed by atoms with van der Waals surface area (Å²) in [6.07, 6.45) is 0.729. The zero-order valence-electron chi connectivity index (χ0n) is 12.2. The second-order valence-corrected chi connectivity index (χ2v) is 4.18. The molecule has 1 rings (SSSR count). The summed E-state index contributed by atoms with van der Waals surface area (Å²) in [5, 5.41) is 8.78. The van der Waals surface area contributed by atoms with Crippen molar-refractivity contribution in [3.63, 3.8) is 0 Å². The Labute approximate surface area is 125 Å². The fourth-order valence-corrected chi connectivity index (χ4v) is 1.13. The lowest BCUT2D eigenvalue weighted by Gasteiger charge is -2.03. The van der Waals surface area contributed by atoms with Crippen LogP contribution in [0.3, 0.4) is 0 Å². The van der Waals surface area contributed by atoms with Gasteiger partial charge < -0.3 is 14.6 Å². The van der Waals surface area contributed by atoms with E-state index in [1.165, 1.54) is 0 Å². The standard InChI is InChI=1S/C11H17N2O2.C2HF3O2/c1-4-12-5-6-13(9-12)7-8-15-11(14)10(2)3;3-2(4,5)1(6)7/h5-6,9H,2,4,7-8H2,1,3H3;(H,6,7)/q+1;/p-1. The number of hydrogen-bond acceptors (Lipinski definition) is 4. The van der Waals surface area contributed by atoms with E-state index in [1.807, 2.05) is 23.3 Å². The monoisotopic (exact) mass is 322 g/mol. The fraction of sp³-hybridized carbons (Fsp3) is 0.462. The molecule has 0 saturated carbocycles. The zero-order chi connectivity index (χ0) is 17.3. The minimum absolute atomic E-state index is 0.328. The number of rotatable bonds is 5. The van der Waals surface area contributed by atoms with Crippen LogP contribution in [0, 0.1) is 0 Å². The van der Waals surface area contributed by atoms with Crippen LogP contribution in [0.4, 0.5) is 13.2 Å². The van der Waals surface area contributed by atoms with Crippen LogP contribution in [0.15, 0.2) is 30.9 Å². The molecule has 124 valence electrons. The molecule has 0 aromatic carbocycles. The number of aryl methyl sites for hydroxylation is 1. The van der Waals surface area contributed by atoms with Gasteiger partial charge >= 0.3 is 12.1 Å². The lowest BCUT2D eigenvalue weighted by atomic mass is 10.4. The maximum absolute atomic E-state index is 11.1. The summed E-state index contributed by atoms with van der Waals surface area (Å²) in [5.74, 6) is -3.34. The number of imidazole rings is 1. The molecule has 1 heterocycles. The lowest BCUT2D eigenvalue weighted by Crippen LogP contribution is -2.37. The van der Waals surface area contributed by atoms with E-state index in [0.717, 1.165) is 6.54 Å². The minimum Gasteiger partial charge on any atom is -0.542 e. The predicted octanol–water partition coefficient (Wildman–Crippen LogP) is 0.213. The Morgan fingerprint density at radius 3 is 2.32 bits per heavy atom. The molecule has 0 fully saturated rings. The van der Waals surface area contributed by atoms with Gasteiger partial charge in [-0.15, -0.1) is 0 Å². The first-order valence-corrected chi connectivity index (χ1v) is 6.23. The number of ether oxygens (including phenoxy) is 1. The highest BCUT2D eigenvalue weighted by atomic mass is 19.4. The van der Waals surface area contributed by atoms with Crippen LogP contribution in [-0.4, -0.2) is 29.3 Å². The van der Waals surface area contributed by atoms with Crippen LogP contribution in [0.25, 0.3) is 0 Å². The second-order valence-electron chi connectivity index (χ2n) is 4.18. The quantitative estimate of drug-likeness (QED) is 0.441. The molecule has 0 aliphatic heterocycles. The topological polar surface area (TPSA) is 75.2 Å². The van der Waals surface area contributed by atoms with Crippen molar-refractivity contribution in [2.45, 2.75) is 33.1 Å². The molecule has 0 spiro atoms. The molecule has 22 heavy (non-hydrogen) atoms. The maximum atomic E-state index is 11.1. The van der Waals surface area contributed by atoms with Crippen LogP contribution in [0.5, 0.6) is 0 Å². The molecular weight excluding hydrogens is 305 g/mol. The van der Waals surface area contributed by atoms with E-state index in [0.29, 0.717) is 18.7 Å². The summed E-state index contributed by atoms with van der Waals surface area (Å²) in [6.45, 7) is 9.22. The summed E-state index contributed by atoms with van der Waals surface area (Å²) in [5.41, 5.74) is 0.436. The molecule has 9 heteroatoms. The molecule has 0 radical (unpaired) electrons. The van der Waals surface area contributed by atoms with Crippen molar-refractivity contribution < 1.29 is 37.2 Å². The van der Waals surface area contributed by atoms with Crippen molar-refractivity contribution >= 4 is 11.9 Å². The Hall–Kier alpha value is -2.32. The SMILES string of the molecule is C=C(C)C(=O)OCC[n+]1ccn(CC)c1.O=C([O-])C(F)(F)F. The van der Waals surface area contributed by atoms with E-state index in [9.17, 15) is 18.0 Å². The summed E-state index contributed by atoms with van der Waals surface area (Å²) < 4.78 is 40.6. The van der Waals surface area contributed by atoms with E-state index < -0.39 is 12.1 Å². The van der Waals surface area contributed by atoms with Gasteiger partial charge in [-0.1, -0.05) is 6.58 Å². The van der Waals surface area contributed by atoms with Gasteiger partial charge in [0.1, 0.15) is 31.5 Å². The van der Waals surface area contributed by atoms with Crippen LogP contribution >= 0.6 is 0 Å². The van der Waals surface area contributed by atoms with Gasteiger partial charge in [-0.25, -0.2) is 13.9 Å². The predicted molar refractivity (Wildman–Crippen MR) is 67.1 cm³/mol. The van der Waals surface area contributed by atoms with E-state index >= 15 is 0 Å². The van der Waals surface area contributed by atoms with Gasteiger partial charge in [-0.05, 0) is 13.8 Å². The average Bonchev–Trinajstić information content (AvgIpc) is 2.86. The van der Waals surface area contributed by atoms with Gasteiger partial charge in [0.25, 0.3) is 0 Å². The number of carbonyl (C=O) groups is 2. The second kappa shape index (κ2) is 8.85. The van der Waals surface area contributed by atoms with Crippen molar-refractivity contribution in [3.8, 4) is 0 Å². The van der Waals surface area contributed by atoms with Crippen molar-refractivity contribution in [1.82, 2.24) is 4.57 Å². The lowest BCUT2D eigenvalue weighted by molar-refractivity contribution is -0.697. The first-order valence-electron chi connectivity index (χ1n) is 6.23. The van der Waals surface area contributed by atoms with Crippen molar-refractivity contribution in [1.29, 1.82) is 0 Å². The third kappa shape index (κ3) is 8.08. The van der Waals surface area contributed by atoms with Gasteiger partial charge in [0.15, 0.2) is 0 Å². The highest BCUT2D eigenvalue weighted by molar-refractivity contribution is 5.86. The number of esters is 1. The molecule has 0 N–H and O–H groups in total. The molecule has 0 aliphatic rings. The molecule has 0 atom stereocenters. The van der Waals surface area contributed by atoms with Crippen molar-refractivity contribution in [3.05, 3.63) is 30.9 Å². The number of hydrogen-bond donors (Lipinski definition) is 0. The van der Waals surface area contributed by atoms with Crippen LogP contribution in [0.1, 0.15) is 13.8 Å². The van der Waals surface area contributed by atoms with Gasteiger partial charge in [0, 0.05) is 5.57 Å². The number of carbonyl (C=O) groups excluding carboxylic acids is 2. The summed E-state index contributed by atoms with van der Waals surface area (Å²) in [6, 6.07) is 0. The number of carboxylic acid groups (broad SMARTS) is 1. The molecule has 0 bridgehead atoms. The summed E-state index contributed by atoms with van der Waals surface area (Å²) in [7, 11) is 0. The minimum atomic E-state index is -5.19. The Bertz CT molecular complexity index is 524. The molecule has 0 unspecified atom stereocenters. The molecular formula is C13H17F3N2O4. The van der Waals surface area contributed by atoms with Gasteiger partial charge in [-0.3, -0.25) is 0 Å². The first kappa shape index (κ1) is 19.7. The smallest absolute Gasteiger partial charge is 0.430 e. The number of halogens is 3. The van der Waals surface area contributed by atoms with E-state index in [-0.39, 0.29) is 5.97 Å². The third-order valence-electron chi connectivity index (χ3n) is 2.27. The maximum Gasteiger partial charge on any atom is 0.430 e. The Morgan fingerprint density at radius 1 is 1.41 bits per heavy atom.